The molecule has 0 fully saturated rings. The number of para-hydroxylation sites is 1. The van der Waals surface area contributed by atoms with E-state index in [4.69, 9.17) is 0 Å². The number of hydrogen-bond donors (Lipinski definition) is 1. The second-order valence-electron chi connectivity index (χ2n) is 5.31. The topological polar surface area (TPSA) is 12.0 Å². The van der Waals surface area contributed by atoms with Crippen LogP contribution in [-0.4, -0.2) is 0 Å². The molecule has 0 atom stereocenters. The summed E-state index contributed by atoms with van der Waals surface area (Å²) in [5.41, 5.74) is 3.89. The molecule has 94 valence electrons. The Kier molecular flexibility index (Phi) is 3.71. The van der Waals surface area contributed by atoms with E-state index in [0.717, 1.165) is 17.8 Å². The largest absolute Gasteiger partial charge is 0.356 e. The monoisotopic (exact) mass is 239 g/mol. The summed E-state index contributed by atoms with van der Waals surface area (Å²) in [6.07, 6.45) is 1.14. The maximum Gasteiger partial charge on any atom is 0.0387 e. The highest BCUT2D eigenvalue weighted by Gasteiger charge is 2.17. The Morgan fingerprint density at radius 1 is 0.889 bits per heavy atom. The van der Waals surface area contributed by atoms with Crippen LogP contribution >= 0.6 is 0 Å². The summed E-state index contributed by atoms with van der Waals surface area (Å²) in [4.78, 5) is 0. The summed E-state index contributed by atoms with van der Waals surface area (Å²) in [6, 6.07) is 19.0. The minimum atomic E-state index is 0.231. The van der Waals surface area contributed by atoms with Gasteiger partial charge in [0.2, 0.25) is 0 Å². The van der Waals surface area contributed by atoms with Gasteiger partial charge in [-0.1, -0.05) is 51.1 Å². The van der Waals surface area contributed by atoms with E-state index >= 15 is 0 Å². The van der Waals surface area contributed by atoms with Crippen LogP contribution in [0.1, 0.15) is 32.8 Å². The van der Waals surface area contributed by atoms with Crippen LogP contribution in [0.4, 0.5) is 11.4 Å². The van der Waals surface area contributed by atoms with Crippen molar-refractivity contribution < 1.29 is 0 Å². The van der Waals surface area contributed by atoms with Crippen molar-refractivity contribution in [3.63, 3.8) is 0 Å². The summed E-state index contributed by atoms with van der Waals surface area (Å²) >= 11 is 0. The zero-order valence-electron chi connectivity index (χ0n) is 11.4. The smallest absolute Gasteiger partial charge is 0.0387 e. The summed E-state index contributed by atoms with van der Waals surface area (Å²) < 4.78 is 0. The SMILES string of the molecule is CCC(C)(C)c1cccc(Nc2ccccc2)c1. The van der Waals surface area contributed by atoms with Crippen molar-refractivity contribution in [1.29, 1.82) is 0 Å². The molecule has 0 bridgehead atoms. The van der Waals surface area contributed by atoms with E-state index in [1.807, 2.05) is 18.2 Å². The lowest BCUT2D eigenvalue weighted by atomic mass is 9.82. The van der Waals surface area contributed by atoms with Gasteiger partial charge >= 0.3 is 0 Å². The first-order valence-electron chi connectivity index (χ1n) is 6.54. The molecule has 0 spiro atoms. The molecule has 1 N–H and O–H groups in total. The van der Waals surface area contributed by atoms with Crippen LogP contribution in [0.2, 0.25) is 0 Å². The van der Waals surface area contributed by atoms with Crippen LogP contribution in [0.15, 0.2) is 54.6 Å². The Hall–Kier alpha value is -1.76. The summed E-state index contributed by atoms with van der Waals surface area (Å²) in [6.45, 7) is 6.81. The molecule has 0 saturated heterocycles. The molecule has 2 aromatic rings. The molecule has 0 heterocycles. The van der Waals surface area contributed by atoms with Gasteiger partial charge in [-0.15, -0.1) is 0 Å². The second kappa shape index (κ2) is 5.26. The van der Waals surface area contributed by atoms with Crippen molar-refractivity contribution in [1.82, 2.24) is 0 Å². The van der Waals surface area contributed by atoms with Crippen LogP contribution in [0.25, 0.3) is 0 Å². The maximum absolute atomic E-state index is 3.44. The molecule has 0 amide bonds. The van der Waals surface area contributed by atoms with Crippen molar-refractivity contribution in [2.45, 2.75) is 32.6 Å². The number of nitrogens with one attached hydrogen (secondary N) is 1. The van der Waals surface area contributed by atoms with Gasteiger partial charge in [0.25, 0.3) is 0 Å². The third-order valence-corrected chi connectivity index (χ3v) is 3.59. The number of anilines is 2. The molecule has 1 heteroatoms. The number of benzene rings is 2. The quantitative estimate of drug-likeness (QED) is 0.781. The summed E-state index contributed by atoms with van der Waals surface area (Å²) in [7, 11) is 0. The summed E-state index contributed by atoms with van der Waals surface area (Å²) in [5.74, 6) is 0. The molecular weight excluding hydrogens is 218 g/mol. The van der Waals surface area contributed by atoms with E-state index in [1.54, 1.807) is 0 Å². The first-order valence-corrected chi connectivity index (χ1v) is 6.54. The van der Waals surface area contributed by atoms with Crippen molar-refractivity contribution >= 4 is 11.4 Å². The van der Waals surface area contributed by atoms with E-state index in [9.17, 15) is 0 Å². The predicted octanol–water partition coefficient (Wildman–Crippen LogP) is 5.12. The molecule has 0 radical (unpaired) electrons. The Labute approximate surface area is 110 Å². The fraction of sp³-hybridized carbons (Fsp3) is 0.294. The van der Waals surface area contributed by atoms with Gasteiger partial charge in [-0.25, -0.2) is 0 Å². The minimum Gasteiger partial charge on any atom is -0.356 e. The Morgan fingerprint density at radius 3 is 2.22 bits per heavy atom. The highest BCUT2D eigenvalue weighted by molar-refractivity contribution is 5.60. The molecule has 0 aliphatic rings. The molecule has 2 rings (SSSR count). The molecule has 18 heavy (non-hydrogen) atoms. The standard InChI is InChI=1S/C17H21N/c1-4-17(2,3)14-9-8-12-16(13-14)18-15-10-6-5-7-11-15/h5-13,18H,4H2,1-3H3. The van der Waals surface area contributed by atoms with Gasteiger partial charge < -0.3 is 5.32 Å². The molecule has 0 unspecified atom stereocenters. The molecule has 0 aromatic heterocycles. The zero-order valence-corrected chi connectivity index (χ0v) is 11.4. The minimum absolute atomic E-state index is 0.231. The first kappa shape index (κ1) is 12.7. The normalized spacial score (nSPS) is 11.3. The van der Waals surface area contributed by atoms with Crippen LogP contribution in [0.3, 0.4) is 0 Å². The van der Waals surface area contributed by atoms with Gasteiger partial charge in [-0.3, -0.25) is 0 Å². The maximum atomic E-state index is 3.44. The predicted molar refractivity (Wildman–Crippen MR) is 79.5 cm³/mol. The summed E-state index contributed by atoms with van der Waals surface area (Å²) in [5, 5.41) is 3.44. The van der Waals surface area contributed by atoms with Crippen LogP contribution in [0, 0.1) is 0 Å². The number of rotatable bonds is 4. The van der Waals surface area contributed by atoms with E-state index < -0.39 is 0 Å². The fourth-order valence-corrected chi connectivity index (χ4v) is 1.91. The lowest BCUT2D eigenvalue weighted by Crippen LogP contribution is -2.15. The Balaban J connectivity index is 2.23. The zero-order chi connectivity index (χ0) is 13.0. The highest BCUT2D eigenvalue weighted by Crippen LogP contribution is 2.29. The van der Waals surface area contributed by atoms with Crippen LogP contribution in [-0.2, 0) is 5.41 Å². The molecular formula is C17H21N. The highest BCUT2D eigenvalue weighted by atomic mass is 14.9. The van der Waals surface area contributed by atoms with Crippen molar-refractivity contribution in [2.24, 2.45) is 0 Å². The lowest BCUT2D eigenvalue weighted by Gasteiger charge is -2.24. The van der Waals surface area contributed by atoms with E-state index in [1.165, 1.54) is 5.56 Å². The molecule has 0 saturated carbocycles. The van der Waals surface area contributed by atoms with Gasteiger partial charge in [0.05, 0.1) is 0 Å². The van der Waals surface area contributed by atoms with E-state index in [-0.39, 0.29) is 5.41 Å². The average molecular weight is 239 g/mol. The van der Waals surface area contributed by atoms with Gasteiger partial charge in [-0.05, 0) is 41.7 Å². The van der Waals surface area contributed by atoms with E-state index in [0.29, 0.717) is 0 Å². The molecule has 0 aliphatic heterocycles. The lowest BCUT2D eigenvalue weighted by molar-refractivity contribution is 0.506. The van der Waals surface area contributed by atoms with Crippen molar-refractivity contribution in [3.8, 4) is 0 Å². The number of hydrogen-bond acceptors (Lipinski definition) is 1. The second-order valence-corrected chi connectivity index (χ2v) is 5.31. The van der Waals surface area contributed by atoms with Crippen LogP contribution < -0.4 is 5.32 Å². The van der Waals surface area contributed by atoms with Gasteiger partial charge in [0, 0.05) is 11.4 Å². The third kappa shape index (κ3) is 2.92. The average Bonchev–Trinajstić information content (AvgIpc) is 2.40. The molecule has 2 aromatic carbocycles. The van der Waals surface area contributed by atoms with Gasteiger partial charge in [0.15, 0.2) is 0 Å². The van der Waals surface area contributed by atoms with Gasteiger partial charge in [0.1, 0.15) is 0 Å². The Morgan fingerprint density at radius 2 is 1.56 bits per heavy atom. The fourth-order valence-electron chi connectivity index (χ4n) is 1.91. The van der Waals surface area contributed by atoms with Crippen LogP contribution in [0.5, 0.6) is 0 Å². The first-order chi connectivity index (χ1) is 8.62. The molecule has 1 nitrogen and oxygen atoms in total. The van der Waals surface area contributed by atoms with Gasteiger partial charge in [-0.2, -0.15) is 0 Å². The Bertz CT molecular complexity index is 500. The third-order valence-electron chi connectivity index (χ3n) is 3.59. The van der Waals surface area contributed by atoms with Crippen molar-refractivity contribution in [3.05, 3.63) is 60.2 Å². The van der Waals surface area contributed by atoms with E-state index in [2.05, 4.69) is 62.5 Å². The molecule has 0 aliphatic carbocycles. The van der Waals surface area contributed by atoms with Crippen molar-refractivity contribution in [2.75, 3.05) is 5.32 Å².